The van der Waals surface area contributed by atoms with Crippen LogP contribution < -0.4 is 0 Å². The lowest BCUT2D eigenvalue weighted by Crippen LogP contribution is -2.48. The highest BCUT2D eigenvalue weighted by atomic mass is 127. The zero-order chi connectivity index (χ0) is 14.2. The van der Waals surface area contributed by atoms with Gasteiger partial charge in [-0.2, -0.15) is 0 Å². The van der Waals surface area contributed by atoms with Crippen molar-refractivity contribution >= 4 is 58.8 Å². The van der Waals surface area contributed by atoms with E-state index in [4.69, 9.17) is 9.47 Å². The summed E-state index contributed by atoms with van der Waals surface area (Å²) in [6.45, 7) is 0. The fourth-order valence-electron chi connectivity index (χ4n) is 2.33. The highest BCUT2D eigenvalue weighted by Gasteiger charge is 2.48. The topological polar surface area (TPSA) is 52.6 Å². The quantitative estimate of drug-likeness (QED) is 0.442. The van der Waals surface area contributed by atoms with E-state index in [1.807, 2.05) is 24.3 Å². The first-order chi connectivity index (χ1) is 9.58. The Hall–Kier alpha value is -0.510. The summed E-state index contributed by atoms with van der Waals surface area (Å²) in [7, 11) is 0. The fourth-order valence-corrected chi connectivity index (χ4v) is 4.69. The second kappa shape index (κ2) is 5.70. The smallest absolute Gasteiger partial charge is 0.354 e. The Kier molecular flexibility index (Phi) is 4.11. The van der Waals surface area contributed by atoms with Crippen LogP contribution in [-0.2, 0) is 19.1 Å². The van der Waals surface area contributed by atoms with Gasteiger partial charge in [0.2, 0.25) is 0 Å². The van der Waals surface area contributed by atoms with Gasteiger partial charge in [0, 0.05) is 20.0 Å². The summed E-state index contributed by atoms with van der Waals surface area (Å²) >= 11 is 1.36. The number of ether oxygens (including phenoxy) is 2. The number of halogens is 2. The van der Waals surface area contributed by atoms with Gasteiger partial charge in [0.25, 0.3) is 5.79 Å². The summed E-state index contributed by atoms with van der Waals surface area (Å²) in [5.74, 6) is -1.92. The van der Waals surface area contributed by atoms with Gasteiger partial charge in [0.15, 0.2) is 3.51 Å². The number of rotatable bonds is 1. The van der Waals surface area contributed by atoms with Gasteiger partial charge in [-0.25, -0.2) is 9.59 Å². The molecule has 4 nitrogen and oxygen atoms in total. The predicted molar refractivity (Wildman–Crippen MR) is 90.3 cm³/mol. The van der Waals surface area contributed by atoms with Crippen molar-refractivity contribution in [2.24, 2.45) is 0 Å². The van der Waals surface area contributed by atoms with E-state index in [1.54, 1.807) is 0 Å². The van der Waals surface area contributed by atoms with Crippen LogP contribution in [0.15, 0.2) is 24.3 Å². The van der Waals surface area contributed by atoms with E-state index in [0.29, 0.717) is 12.8 Å². The van der Waals surface area contributed by atoms with Crippen LogP contribution in [0.4, 0.5) is 0 Å². The summed E-state index contributed by atoms with van der Waals surface area (Å²) in [6.07, 6.45) is 3.11. The lowest BCUT2D eigenvalue weighted by Gasteiger charge is -2.32. The maximum absolute atomic E-state index is 12.1. The van der Waals surface area contributed by atoms with Gasteiger partial charge in [-0.05, 0) is 59.7 Å². The Morgan fingerprint density at radius 2 is 1.55 bits per heavy atom. The molecule has 6 heteroatoms. The zero-order valence-corrected chi connectivity index (χ0v) is 14.8. The lowest BCUT2D eigenvalue weighted by atomic mass is 10.2. The largest absolute Gasteiger partial charge is 0.418 e. The van der Waals surface area contributed by atoms with Crippen LogP contribution in [0, 0.1) is 7.14 Å². The molecule has 2 aliphatic rings. The average Bonchev–Trinajstić information content (AvgIpc) is 2.84. The standard InChI is InChI=1S/C14H12I2O4/c15-9-3-5-10(6-4-9)16-11-12(17)19-14(20-13(11)18)7-1-2-8-14/h3-6H,1-2,7-8H2. The van der Waals surface area contributed by atoms with Gasteiger partial charge in [-0.3, -0.25) is 0 Å². The SMILES string of the molecule is O=C1OC2(CCCC2)OC(=O)C1=Ic1ccc(I)cc1. The van der Waals surface area contributed by atoms with Crippen molar-refractivity contribution in [3.63, 3.8) is 0 Å². The molecule has 106 valence electrons. The van der Waals surface area contributed by atoms with Crippen LogP contribution in [0.5, 0.6) is 0 Å². The van der Waals surface area contributed by atoms with E-state index in [-0.39, 0.29) is 3.51 Å². The van der Waals surface area contributed by atoms with Crippen molar-refractivity contribution < 1.29 is 19.1 Å². The molecule has 0 N–H and O–H groups in total. The van der Waals surface area contributed by atoms with Crippen molar-refractivity contribution in [3.05, 3.63) is 31.4 Å². The lowest BCUT2D eigenvalue weighted by molar-refractivity contribution is -0.224. The van der Waals surface area contributed by atoms with Crippen LogP contribution in [0.1, 0.15) is 25.7 Å². The van der Waals surface area contributed by atoms with Crippen molar-refractivity contribution in [1.82, 2.24) is 0 Å². The Morgan fingerprint density at radius 1 is 1.00 bits per heavy atom. The minimum absolute atomic E-state index is 0.197. The number of hydrogen-bond acceptors (Lipinski definition) is 4. The summed E-state index contributed by atoms with van der Waals surface area (Å²) in [6, 6.07) is 7.83. The molecule has 20 heavy (non-hydrogen) atoms. The van der Waals surface area contributed by atoms with Crippen LogP contribution in [0.3, 0.4) is 0 Å². The molecule has 1 aromatic rings. The molecular weight excluding hydrogens is 486 g/mol. The van der Waals surface area contributed by atoms with Gasteiger partial charge in [0.05, 0.1) is 0 Å². The summed E-state index contributed by atoms with van der Waals surface area (Å²) < 4.78 is 13.2. The monoisotopic (exact) mass is 498 g/mol. The first-order valence-electron chi connectivity index (χ1n) is 6.32. The maximum Gasteiger partial charge on any atom is 0.354 e. The van der Waals surface area contributed by atoms with E-state index in [1.165, 1.54) is 0 Å². The van der Waals surface area contributed by atoms with Crippen molar-refractivity contribution in [2.75, 3.05) is 0 Å². The van der Waals surface area contributed by atoms with Gasteiger partial charge in [0.1, 0.15) is 0 Å². The Balaban J connectivity index is 1.86. The van der Waals surface area contributed by atoms with E-state index in [9.17, 15) is 9.59 Å². The molecule has 0 radical (unpaired) electrons. The number of benzene rings is 1. The van der Waals surface area contributed by atoms with Gasteiger partial charge in [-0.15, -0.1) is 0 Å². The molecule has 0 bridgehead atoms. The summed E-state index contributed by atoms with van der Waals surface area (Å²) in [5.41, 5.74) is 0. The van der Waals surface area contributed by atoms with E-state index >= 15 is 0 Å². The molecule has 1 saturated heterocycles. The minimum atomic E-state index is -0.965. The molecule has 1 aliphatic carbocycles. The highest BCUT2D eigenvalue weighted by molar-refractivity contribution is 14.2. The van der Waals surface area contributed by atoms with E-state index in [0.717, 1.165) is 20.0 Å². The van der Waals surface area contributed by atoms with Crippen LogP contribution in [-0.4, -0.2) is 21.2 Å². The van der Waals surface area contributed by atoms with Crippen LogP contribution in [0.25, 0.3) is 0 Å². The number of esters is 2. The average molecular weight is 498 g/mol. The number of carbonyl (C=O) groups excluding carboxylic acids is 2. The molecule has 1 aliphatic heterocycles. The van der Waals surface area contributed by atoms with Gasteiger partial charge < -0.3 is 9.47 Å². The van der Waals surface area contributed by atoms with E-state index in [2.05, 4.69) is 22.6 Å². The van der Waals surface area contributed by atoms with Crippen molar-refractivity contribution in [1.29, 1.82) is 0 Å². The Labute approximate surface area is 140 Å². The third-order valence-electron chi connectivity index (χ3n) is 3.29. The normalized spacial score (nSPS) is 20.9. The summed E-state index contributed by atoms with van der Waals surface area (Å²) in [4.78, 5) is 24.2. The second-order valence-electron chi connectivity index (χ2n) is 4.74. The maximum atomic E-state index is 12.1. The van der Waals surface area contributed by atoms with E-state index < -0.39 is 38.5 Å². The molecule has 1 spiro atoms. The Bertz CT molecular complexity index is 564. The fraction of sp³-hybridized carbons (Fsp3) is 0.357. The molecule has 0 aromatic heterocycles. The summed E-state index contributed by atoms with van der Waals surface area (Å²) in [5, 5.41) is 0. The molecule has 1 saturated carbocycles. The van der Waals surface area contributed by atoms with Crippen LogP contribution in [0.2, 0.25) is 0 Å². The van der Waals surface area contributed by atoms with Crippen LogP contribution >= 0.6 is 43.3 Å². The molecule has 1 heterocycles. The van der Waals surface area contributed by atoms with Crippen molar-refractivity contribution in [2.45, 2.75) is 31.5 Å². The molecular formula is C14H12I2O4. The molecule has 0 amide bonds. The Morgan fingerprint density at radius 3 is 2.10 bits per heavy atom. The molecule has 3 rings (SSSR count). The first kappa shape index (κ1) is 14.4. The minimum Gasteiger partial charge on any atom is -0.418 e. The molecule has 0 atom stereocenters. The number of hydrogen-bond donors (Lipinski definition) is 0. The molecule has 1 aromatic carbocycles. The van der Waals surface area contributed by atoms with Gasteiger partial charge >= 0.3 is 11.9 Å². The zero-order valence-electron chi connectivity index (χ0n) is 10.5. The second-order valence-corrected chi connectivity index (χ2v) is 8.85. The number of carbonyl (C=O) groups is 2. The third kappa shape index (κ3) is 2.90. The predicted octanol–water partition coefficient (Wildman–Crippen LogP) is 2.97. The highest BCUT2D eigenvalue weighted by Crippen LogP contribution is 2.37. The third-order valence-corrected chi connectivity index (χ3v) is 6.77. The first-order valence-corrected chi connectivity index (χ1v) is 9.56. The molecule has 0 unspecified atom stereocenters. The van der Waals surface area contributed by atoms with Gasteiger partial charge in [-0.1, -0.05) is 20.7 Å². The molecule has 2 fully saturated rings. The van der Waals surface area contributed by atoms with Crippen molar-refractivity contribution in [3.8, 4) is 0 Å².